The van der Waals surface area contributed by atoms with Gasteiger partial charge in [-0.1, -0.05) is 12.1 Å². The quantitative estimate of drug-likeness (QED) is 0.778. The number of aromatic nitrogens is 2. The Kier molecular flexibility index (Phi) is 4.40. The molecule has 0 aliphatic rings. The fourth-order valence-corrected chi connectivity index (χ4v) is 1.95. The molecule has 1 aromatic carbocycles. The second-order valence-electron chi connectivity index (χ2n) is 4.79. The van der Waals surface area contributed by atoms with Crippen LogP contribution < -0.4 is 4.90 Å². The summed E-state index contributed by atoms with van der Waals surface area (Å²) in [4.78, 5) is 17.7. The molecule has 0 fully saturated rings. The van der Waals surface area contributed by atoms with Crippen LogP contribution in [0.5, 0.6) is 0 Å². The fraction of sp³-hybridized carbons (Fsp3) is 0.333. The Hall–Kier alpha value is -2.30. The molecular weight excluding hydrogens is 254 g/mol. The molecule has 0 N–H and O–H groups in total. The van der Waals surface area contributed by atoms with Crippen LogP contribution in [0.2, 0.25) is 0 Å². The third kappa shape index (κ3) is 3.38. The minimum absolute atomic E-state index is 0.196. The molecule has 20 heavy (non-hydrogen) atoms. The van der Waals surface area contributed by atoms with Gasteiger partial charge in [0.2, 0.25) is 0 Å². The van der Waals surface area contributed by atoms with Gasteiger partial charge in [-0.2, -0.15) is 0 Å². The zero-order valence-corrected chi connectivity index (χ0v) is 12.0. The second kappa shape index (κ2) is 6.23. The summed E-state index contributed by atoms with van der Waals surface area (Å²) in [6, 6.07) is 8.30. The summed E-state index contributed by atoms with van der Waals surface area (Å²) in [5.41, 5.74) is 2.32. The molecule has 2 rings (SSSR count). The van der Waals surface area contributed by atoms with Gasteiger partial charge in [-0.05, 0) is 17.7 Å². The number of hydrogen-bond acceptors (Lipinski definition) is 4. The van der Waals surface area contributed by atoms with Crippen molar-refractivity contribution >= 4 is 11.7 Å². The van der Waals surface area contributed by atoms with Crippen molar-refractivity contribution in [2.75, 3.05) is 26.1 Å². The molecule has 106 valence electrons. The highest BCUT2D eigenvalue weighted by Gasteiger charge is 2.08. The molecule has 1 aromatic heterocycles. The molecule has 2 aromatic rings. The minimum atomic E-state index is -0.271. The molecule has 1 heterocycles. The molecule has 0 bridgehead atoms. The summed E-state index contributed by atoms with van der Waals surface area (Å²) in [6.45, 7) is 0.196. The lowest BCUT2D eigenvalue weighted by atomic mass is 10.1. The van der Waals surface area contributed by atoms with E-state index >= 15 is 0 Å². The first-order chi connectivity index (χ1) is 9.60. The van der Waals surface area contributed by atoms with E-state index in [1.54, 1.807) is 12.4 Å². The predicted octanol–water partition coefficient (Wildman–Crippen LogP) is 1.71. The third-order valence-corrected chi connectivity index (χ3v) is 3.14. The van der Waals surface area contributed by atoms with E-state index in [1.165, 1.54) is 7.11 Å². The van der Waals surface area contributed by atoms with Gasteiger partial charge < -0.3 is 14.2 Å². The maximum absolute atomic E-state index is 11.3. The number of benzene rings is 1. The van der Waals surface area contributed by atoms with Gasteiger partial charge >= 0.3 is 5.97 Å². The number of imidazole rings is 1. The number of ether oxygens (including phenoxy) is 1. The Labute approximate surface area is 118 Å². The molecule has 0 atom stereocenters. The summed E-state index contributed by atoms with van der Waals surface area (Å²) in [7, 11) is 5.41. The zero-order chi connectivity index (χ0) is 14.5. The van der Waals surface area contributed by atoms with Gasteiger partial charge in [-0.25, -0.2) is 4.98 Å². The number of carbonyl (C=O) groups excluding carboxylic acids is 1. The molecule has 0 saturated carbocycles. The van der Waals surface area contributed by atoms with E-state index in [-0.39, 0.29) is 12.5 Å². The van der Waals surface area contributed by atoms with Crippen LogP contribution in [0.15, 0.2) is 36.7 Å². The van der Waals surface area contributed by atoms with Crippen LogP contribution >= 0.6 is 0 Å². The largest absolute Gasteiger partial charge is 0.468 e. The van der Waals surface area contributed by atoms with Crippen LogP contribution in [-0.4, -0.2) is 36.7 Å². The van der Waals surface area contributed by atoms with E-state index in [0.29, 0.717) is 6.42 Å². The zero-order valence-electron chi connectivity index (χ0n) is 12.0. The predicted molar refractivity (Wildman–Crippen MR) is 77.8 cm³/mol. The molecule has 0 radical (unpaired) electrons. The second-order valence-corrected chi connectivity index (χ2v) is 4.79. The van der Waals surface area contributed by atoms with Crippen molar-refractivity contribution in [1.29, 1.82) is 0 Å². The van der Waals surface area contributed by atoms with Gasteiger partial charge in [-0.3, -0.25) is 4.79 Å². The van der Waals surface area contributed by atoms with E-state index in [1.807, 2.05) is 18.7 Å². The van der Waals surface area contributed by atoms with Gasteiger partial charge in [0.25, 0.3) is 0 Å². The lowest BCUT2D eigenvalue weighted by Gasteiger charge is -2.12. The van der Waals surface area contributed by atoms with Gasteiger partial charge in [0.1, 0.15) is 12.4 Å². The summed E-state index contributed by atoms with van der Waals surface area (Å²) in [6.07, 6.45) is 4.19. The Morgan fingerprint density at radius 1 is 1.30 bits per heavy atom. The molecule has 5 nitrogen and oxygen atoms in total. The van der Waals surface area contributed by atoms with Gasteiger partial charge in [0, 0.05) is 38.6 Å². The average Bonchev–Trinajstić information content (AvgIpc) is 2.86. The molecule has 0 saturated heterocycles. The van der Waals surface area contributed by atoms with E-state index in [9.17, 15) is 4.79 Å². The number of methoxy groups -OCH3 is 1. The smallest absolute Gasteiger partial charge is 0.325 e. The number of nitrogens with zero attached hydrogens (tertiary/aromatic N) is 3. The molecular formula is C15H19N3O2. The van der Waals surface area contributed by atoms with Crippen LogP contribution in [0, 0.1) is 0 Å². The Morgan fingerprint density at radius 2 is 2.00 bits per heavy atom. The molecule has 0 spiro atoms. The monoisotopic (exact) mass is 273 g/mol. The van der Waals surface area contributed by atoms with E-state index < -0.39 is 0 Å². The Bertz CT molecular complexity index is 573. The molecule has 0 amide bonds. The van der Waals surface area contributed by atoms with Gasteiger partial charge in [0.15, 0.2) is 0 Å². The maximum Gasteiger partial charge on any atom is 0.325 e. The van der Waals surface area contributed by atoms with Crippen LogP contribution in [0.4, 0.5) is 5.69 Å². The minimum Gasteiger partial charge on any atom is -0.468 e. The lowest BCUT2D eigenvalue weighted by Crippen LogP contribution is -2.13. The van der Waals surface area contributed by atoms with Crippen LogP contribution in [0.1, 0.15) is 11.4 Å². The fourth-order valence-electron chi connectivity index (χ4n) is 1.95. The summed E-state index contributed by atoms with van der Waals surface area (Å²) < 4.78 is 6.49. The first kappa shape index (κ1) is 14.1. The Morgan fingerprint density at radius 3 is 2.60 bits per heavy atom. The SMILES string of the molecule is COC(=O)Cn1ccnc1Cc1ccc(N(C)C)cc1. The van der Waals surface area contributed by atoms with Crippen molar-refractivity contribution in [1.82, 2.24) is 9.55 Å². The van der Waals surface area contributed by atoms with Crippen molar-refractivity contribution < 1.29 is 9.53 Å². The number of carbonyl (C=O) groups is 1. The average molecular weight is 273 g/mol. The molecule has 0 unspecified atom stereocenters. The summed E-state index contributed by atoms with van der Waals surface area (Å²) in [5.74, 6) is 0.584. The summed E-state index contributed by atoms with van der Waals surface area (Å²) >= 11 is 0. The molecule has 5 heteroatoms. The standard InChI is InChI=1S/C15H19N3O2/c1-17(2)13-6-4-12(5-7-13)10-14-16-8-9-18(14)11-15(19)20-3/h4-9H,10-11H2,1-3H3. The van der Waals surface area contributed by atoms with Gasteiger partial charge in [-0.15, -0.1) is 0 Å². The first-order valence-electron chi connectivity index (χ1n) is 6.43. The number of anilines is 1. The Balaban J connectivity index is 2.10. The van der Waals surface area contributed by atoms with Crippen molar-refractivity contribution in [3.8, 4) is 0 Å². The maximum atomic E-state index is 11.3. The van der Waals surface area contributed by atoms with E-state index in [0.717, 1.165) is 17.1 Å². The highest BCUT2D eigenvalue weighted by Crippen LogP contribution is 2.14. The molecule has 0 aliphatic heterocycles. The van der Waals surface area contributed by atoms with Crippen LogP contribution in [0.3, 0.4) is 0 Å². The number of rotatable bonds is 5. The van der Waals surface area contributed by atoms with Crippen molar-refractivity contribution in [2.24, 2.45) is 0 Å². The summed E-state index contributed by atoms with van der Waals surface area (Å²) in [5, 5.41) is 0. The number of esters is 1. The van der Waals surface area contributed by atoms with Crippen molar-refractivity contribution in [3.63, 3.8) is 0 Å². The highest BCUT2D eigenvalue weighted by molar-refractivity contribution is 5.69. The lowest BCUT2D eigenvalue weighted by molar-refractivity contribution is -0.141. The van der Waals surface area contributed by atoms with Crippen molar-refractivity contribution in [2.45, 2.75) is 13.0 Å². The topological polar surface area (TPSA) is 47.4 Å². The highest BCUT2D eigenvalue weighted by atomic mass is 16.5. The van der Waals surface area contributed by atoms with Crippen LogP contribution in [-0.2, 0) is 22.5 Å². The normalized spacial score (nSPS) is 10.3. The van der Waals surface area contributed by atoms with Crippen LogP contribution in [0.25, 0.3) is 0 Å². The number of hydrogen-bond donors (Lipinski definition) is 0. The van der Waals surface area contributed by atoms with E-state index in [4.69, 9.17) is 0 Å². The van der Waals surface area contributed by atoms with Crippen molar-refractivity contribution in [3.05, 3.63) is 48.0 Å². The van der Waals surface area contributed by atoms with E-state index in [2.05, 4.69) is 38.9 Å². The van der Waals surface area contributed by atoms with Gasteiger partial charge in [0.05, 0.1) is 7.11 Å². The third-order valence-electron chi connectivity index (χ3n) is 3.14. The molecule has 0 aliphatic carbocycles. The first-order valence-corrected chi connectivity index (χ1v) is 6.43.